The van der Waals surface area contributed by atoms with Gasteiger partial charge in [-0.05, 0) is 34.7 Å². The number of aliphatic hydroxyl groups excluding tert-OH is 1. The van der Waals surface area contributed by atoms with E-state index in [1.807, 2.05) is 24.3 Å². The van der Waals surface area contributed by atoms with Crippen LogP contribution in [-0.2, 0) is 0 Å². The van der Waals surface area contributed by atoms with Gasteiger partial charge in [0.25, 0.3) is 0 Å². The van der Waals surface area contributed by atoms with Gasteiger partial charge in [-0.2, -0.15) is 0 Å². The second-order valence-electron chi connectivity index (χ2n) is 4.52. The maximum Gasteiger partial charge on any atom is 0.105 e. The largest absolute Gasteiger partial charge is 0.384 e. The Morgan fingerprint density at radius 3 is 2.65 bits per heavy atom. The molecule has 0 saturated carbocycles. The van der Waals surface area contributed by atoms with Gasteiger partial charge in [-0.1, -0.05) is 47.5 Å². The van der Waals surface area contributed by atoms with Gasteiger partial charge in [0.05, 0.1) is 10.0 Å². The van der Waals surface area contributed by atoms with E-state index in [2.05, 4.69) is 4.98 Å². The molecule has 1 aromatic heterocycles. The van der Waals surface area contributed by atoms with Gasteiger partial charge < -0.3 is 5.11 Å². The molecular formula is C16H11Cl2NO. The van der Waals surface area contributed by atoms with Crippen molar-refractivity contribution in [2.45, 2.75) is 6.10 Å². The number of aliphatic hydroxyl groups is 1. The Labute approximate surface area is 126 Å². The van der Waals surface area contributed by atoms with Crippen molar-refractivity contribution in [1.29, 1.82) is 0 Å². The number of aromatic nitrogens is 1. The zero-order valence-electron chi connectivity index (χ0n) is 10.4. The fourth-order valence-corrected chi connectivity index (χ4v) is 2.55. The number of hydrogen-bond acceptors (Lipinski definition) is 2. The van der Waals surface area contributed by atoms with Gasteiger partial charge in [-0.25, -0.2) is 0 Å². The number of pyridine rings is 1. The highest BCUT2D eigenvalue weighted by atomic mass is 35.5. The monoisotopic (exact) mass is 303 g/mol. The third kappa shape index (κ3) is 2.38. The van der Waals surface area contributed by atoms with E-state index >= 15 is 0 Å². The van der Waals surface area contributed by atoms with Gasteiger partial charge in [0, 0.05) is 17.8 Å². The molecule has 0 bridgehead atoms. The van der Waals surface area contributed by atoms with Crippen molar-refractivity contribution in [2.24, 2.45) is 0 Å². The number of nitrogens with zero attached hydrogens (tertiary/aromatic N) is 1. The van der Waals surface area contributed by atoms with Crippen molar-refractivity contribution < 1.29 is 5.11 Å². The SMILES string of the molecule is OC(c1ccc(Cl)c(Cl)c1)c1cccc2cnccc12. The maximum absolute atomic E-state index is 10.6. The molecule has 4 heteroatoms. The molecule has 2 nitrogen and oxygen atoms in total. The minimum absolute atomic E-state index is 0.435. The third-order valence-electron chi connectivity index (χ3n) is 3.27. The summed E-state index contributed by atoms with van der Waals surface area (Å²) < 4.78 is 0. The Morgan fingerprint density at radius 1 is 1.00 bits per heavy atom. The van der Waals surface area contributed by atoms with Crippen molar-refractivity contribution in [3.8, 4) is 0 Å². The molecule has 0 fully saturated rings. The quantitative estimate of drug-likeness (QED) is 0.749. The highest BCUT2D eigenvalue weighted by Crippen LogP contribution is 2.31. The van der Waals surface area contributed by atoms with Gasteiger partial charge >= 0.3 is 0 Å². The summed E-state index contributed by atoms with van der Waals surface area (Å²) >= 11 is 11.9. The number of hydrogen-bond donors (Lipinski definition) is 1. The lowest BCUT2D eigenvalue weighted by Crippen LogP contribution is -2.00. The van der Waals surface area contributed by atoms with Crippen LogP contribution in [0.4, 0.5) is 0 Å². The predicted octanol–water partition coefficient (Wildman–Crippen LogP) is 4.62. The lowest BCUT2D eigenvalue weighted by Gasteiger charge is -2.14. The van der Waals surface area contributed by atoms with Crippen LogP contribution in [-0.4, -0.2) is 10.1 Å². The van der Waals surface area contributed by atoms with Gasteiger partial charge in [0.2, 0.25) is 0 Å². The first kappa shape index (κ1) is 13.4. The lowest BCUT2D eigenvalue weighted by atomic mass is 9.97. The van der Waals surface area contributed by atoms with Gasteiger partial charge in [-0.3, -0.25) is 4.98 Å². The molecule has 0 saturated heterocycles. The minimum atomic E-state index is -0.754. The molecule has 20 heavy (non-hydrogen) atoms. The maximum atomic E-state index is 10.6. The van der Waals surface area contributed by atoms with E-state index in [0.29, 0.717) is 15.6 Å². The molecule has 0 aliphatic carbocycles. The molecule has 0 aliphatic heterocycles. The van der Waals surface area contributed by atoms with Crippen LogP contribution < -0.4 is 0 Å². The van der Waals surface area contributed by atoms with E-state index in [-0.39, 0.29) is 0 Å². The fraction of sp³-hybridized carbons (Fsp3) is 0.0625. The van der Waals surface area contributed by atoms with E-state index in [0.717, 1.165) is 16.3 Å². The summed E-state index contributed by atoms with van der Waals surface area (Å²) in [6.07, 6.45) is 2.74. The average Bonchev–Trinajstić information content (AvgIpc) is 2.49. The highest BCUT2D eigenvalue weighted by molar-refractivity contribution is 6.42. The topological polar surface area (TPSA) is 33.1 Å². The van der Waals surface area contributed by atoms with Gasteiger partial charge in [0.1, 0.15) is 6.10 Å². The smallest absolute Gasteiger partial charge is 0.105 e. The highest BCUT2D eigenvalue weighted by Gasteiger charge is 2.14. The van der Waals surface area contributed by atoms with Crippen LogP contribution >= 0.6 is 23.2 Å². The van der Waals surface area contributed by atoms with Crippen molar-refractivity contribution in [3.05, 3.63) is 76.0 Å². The minimum Gasteiger partial charge on any atom is -0.384 e. The van der Waals surface area contributed by atoms with Crippen LogP contribution in [0.2, 0.25) is 10.0 Å². The zero-order chi connectivity index (χ0) is 14.1. The summed E-state index contributed by atoms with van der Waals surface area (Å²) in [6.45, 7) is 0. The summed E-state index contributed by atoms with van der Waals surface area (Å²) in [5.74, 6) is 0. The van der Waals surface area contributed by atoms with Crippen LogP contribution in [0.25, 0.3) is 10.8 Å². The summed E-state index contributed by atoms with van der Waals surface area (Å²) in [6, 6.07) is 12.8. The van der Waals surface area contributed by atoms with Crippen LogP contribution in [0.1, 0.15) is 17.2 Å². The third-order valence-corrected chi connectivity index (χ3v) is 4.01. The molecule has 0 amide bonds. The summed E-state index contributed by atoms with van der Waals surface area (Å²) in [4.78, 5) is 4.09. The van der Waals surface area contributed by atoms with E-state index in [1.165, 1.54) is 0 Å². The molecule has 1 unspecified atom stereocenters. The summed E-state index contributed by atoms with van der Waals surface area (Å²) in [5, 5.41) is 13.5. The Kier molecular flexibility index (Phi) is 3.62. The molecule has 1 atom stereocenters. The second kappa shape index (κ2) is 5.41. The first-order valence-corrected chi connectivity index (χ1v) is 6.88. The number of fused-ring (bicyclic) bond motifs is 1. The molecule has 0 radical (unpaired) electrons. The number of benzene rings is 2. The van der Waals surface area contributed by atoms with Crippen molar-refractivity contribution in [3.63, 3.8) is 0 Å². The van der Waals surface area contributed by atoms with Gasteiger partial charge in [-0.15, -0.1) is 0 Å². The molecule has 100 valence electrons. The van der Waals surface area contributed by atoms with Crippen molar-refractivity contribution >= 4 is 34.0 Å². The first-order valence-electron chi connectivity index (χ1n) is 6.12. The van der Waals surface area contributed by atoms with Crippen LogP contribution in [0.3, 0.4) is 0 Å². The zero-order valence-corrected chi connectivity index (χ0v) is 11.9. The van der Waals surface area contributed by atoms with E-state index in [4.69, 9.17) is 23.2 Å². The van der Waals surface area contributed by atoms with Crippen LogP contribution in [0.5, 0.6) is 0 Å². The molecule has 0 spiro atoms. The fourth-order valence-electron chi connectivity index (χ4n) is 2.25. The number of rotatable bonds is 2. The van der Waals surface area contributed by atoms with E-state index in [9.17, 15) is 5.11 Å². The molecule has 1 N–H and O–H groups in total. The number of halogens is 2. The van der Waals surface area contributed by atoms with Crippen LogP contribution in [0.15, 0.2) is 54.9 Å². The van der Waals surface area contributed by atoms with E-state index in [1.54, 1.807) is 30.6 Å². The Hall–Kier alpha value is -1.61. The summed E-state index contributed by atoms with van der Waals surface area (Å²) in [5.41, 5.74) is 1.53. The molecule has 0 aliphatic rings. The molecular weight excluding hydrogens is 293 g/mol. The normalized spacial score (nSPS) is 12.6. The van der Waals surface area contributed by atoms with Crippen molar-refractivity contribution in [2.75, 3.05) is 0 Å². The lowest BCUT2D eigenvalue weighted by molar-refractivity contribution is 0.222. The summed E-state index contributed by atoms with van der Waals surface area (Å²) in [7, 11) is 0. The van der Waals surface area contributed by atoms with Gasteiger partial charge in [0.15, 0.2) is 0 Å². The Morgan fingerprint density at radius 2 is 1.85 bits per heavy atom. The predicted molar refractivity (Wildman–Crippen MR) is 82.3 cm³/mol. The van der Waals surface area contributed by atoms with Crippen molar-refractivity contribution in [1.82, 2.24) is 4.98 Å². The molecule has 2 aromatic carbocycles. The standard InChI is InChI=1S/C16H11Cl2NO/c17-14-5-4-10(8-15(14)18)16(20)13-3-1-2-11-9-19-7-6-12(11)13/h1-9,16,20H. The first-order chi connectivity index (χ1) is 9.66. The Bertz CT molecular complexity index is 768. The second-order valence-corrected chi connectivity index (χ2v) is 5.33. The average molecular weight is 304 g/mol. The van der Waals surface area contributed by atoms with Crippen LogP contribution in [0, 0.1) is 0 Å². The van der Waals surface area contributed by atoms with E-state index < -0.39 is 6.10 Å². The molecule has 3 aromatic rings. The molecule has 1 heterocycles. The molecule has 3 rings (SSSR count). The Balaban J connectivity index is 2.12.